The molecule has 1 fully saturated rings. The zero-order valence-electron chi connectivity index (χ0n) is 16.3. The van der Waals surface area contributed by atoms with Crippen molar-refractivity contribution in [1.29, 1.82) is 0 Å². The molecule has 0 radical (unpaired) electrons. The Morgan fingerprint density at radius 3 is 2.33 bits per heavy atom. The van der Waals surface area contributed by atoms with Crippen LogP contribution in [0.4, 0.5) is 0 Å². The number of hydrogen-bond donors (Lipinski definition) is 1. The summed E-state index contributed by atoms with van der Waals surface area (Å²) in [6.07, 6.45) is 0.328. The van der Waals surface area contributed by atoms with Gasteiger partial charge in [0.2, 0.25) is 0 Å². The number of rotatable bonds is 8. The van der Waals surface area contributed by atoms with Crippen molar-refractivity contribution in [3.8, 4) is 5.75 Å². The van der Waals surface area contributed by atoms with Crippen molar-refractivity contribution in [1.82, 2.24) is 10.2 Å². The molecule has 0 aliphatic heterocycles. The van der Waals surface area contributed by atoms with E-state index in [1.165, 1.54) is 5.56 Å². The second kappa shape index (κ2) is 7.85. The highest BCUT2D eigenvalue weighted by Crippen LogP contribution is 2.47. The van der Waals surface area contributed by atoms with Crippen LogP contribution in [0.1, 0.15) is 39.3 Å². The van der Waals surface area contributed by atoms with Crippen LogP contribution >= 0.6 is 0 Å². The van der Waals surface area contributed by atoms with E-state index < -0.39 is 0 Å². The SMILES string of the molecule is COC1C(C)C(NC(C)c2ccc(OCCN(C)C)cc2)C1(C)C. The number of methoxy groups -OCH3 is 1. The van der Waals surface area contributed by atoms with Gasteiger partial charge in [0, 0.05) is 31.2 Å². The maximum Gasteiger partial charge on any atom is 0.119 e. The second-order valence-corrected chi connectivity index (χ2v) is 7.92. The molecule has 136 valence electrons. The largest absolute Gasteiger partial charge is 0.492 e. The molecule has 0 spiro atoms. The standard InChI is InChI=1S/C20H34N2O2/c1-14-18(20(3,4)19(14)23-7)21-15(2)16-8-10-17(11-9-16)24-13-12-22(5)6/h8-11,14-15,18-19,21H,12-13H2,1-7H3. The van der Waals surface area contributed by atoms with Crippen molar-refractivity contribution in [3.05, 3.63) is 29.8 Å². The van der Waals surface area contributed by atoms with Gasteiger partial charge in [-0.3, -0.25) is 0 Å². The normalized spacial score (nSPS) is 26.9. The van der Waals surface area contributed by atoms with Crippen LogP contribution in [0.25, 0.3) is 0 Å². The fourth-order valence-corrected chi connectivity index (χ4v) is 4.04. The van der Waals surface area contributed by atoms with Gasteiger partial charge in [0.05, 0.1) is 6.10 Å². The highest BCUT2D eigenvalue weighted by molar-refractivity contribution is 5.29. The van der Waals surface area contributed by atoms with Crippen LogP contribution in [0.5, 0.6) is 5.75 Å². The molecule has 4 unspecified atom stereocenters. The maximum absolute atomic E-state index is 5.77. The van der Waals surface area contributed by atoms with Crippen LogP contribution in [0, 0.1) is 11.3 Å². The van der Waals surface area contributed by atoms with Gasteiger partial charge in [-0.15, -0.1) is 0 Å². The minimum absolute atomic E-state index is 0.164. The van der Waals surface area contributed by atoms with Crippen LogP contribution < -0.4 is 10.1 Å². The monoisotopic (exact) mass is 334 g/mol. The lowest BCUT2D eigenvalue weighted by molar-refractivity contribution is -0.147. The lowest BCUT2D eigenvalue weighted by Crippen LogP contribution is -2.67. The van der Waals surface area contributed by atoms with Gasteiger partial charge < -0.3 is 19.7 Å². The molecule has 1 aliphatic carbocycles. The number of nitrogens with zero attached hydrogens (tertiary/aromatic N) is 1. The third-order valence-electron chi connectivity index (χ3n) is 5.41. The minimum Gasteiger partial charge on any atom is -0.492 e. The smallest absolute Gasteiger partial charge is 0.119 e. The first-order valence-electron chi connectivity index (χ1n) is 8.93. The second-order valence-electron chi connectivity index (χ2n) is 7.92. The molecule has 4 heteroatoms. The Labute approximate surface area is 147 Å². The fourth-order valence-electron chi connectivity index (χ4n) is 4.04. The van der Waals surface area contributed by atoms with Crippen molar-refractivity contribution < 1.29 is 9.47 Å². The molecular formula is C20H34N2O2. The number of nitrogens with one attached hydrogen (secondary N) is 1. The van der Waals surface area contributed by atoms with Crippen LogP contribution in [-0.2, 0) is 4.74 Å². The van der Waals surface area contributed by atoms with Gasteiger partial charge in [0.15, 0.2) is 0 Å². The molecular weight excluding hydrogens is 300 g/mol. The van der Waals surface area contributed by atoms with E-state index in [-0.39, 0.29) is 5.41 Å². The topological polar surface area (TPSA) is 33.7 Å². The summed E-state index contributed by atoms with van der Waals surface area (Å²) >= 11 is 0. The Bertz CT molecular complexity index is 513. The molecule has 1 aromatic carbocycles. The van der Waals surface area contributed by atoms with Gasteiger partial charge in [-0.25, -0.2) is 0 Å². The zero-order valence-corrected chi connectivity index (χ0v) is 16.3. The first-order chi connectivity index (χ1) is 11.3. The van der Waals surface area contributed by atoms with Gasteiger partial charge in [0.1, 0.15) is 12.4 Å². The molecule has 4 nitrogen and oxygen atoms in total. The van der Waals surface area contributed by atoms with Crippen molar-refractivity contribution in [2.45, 2.75) is 45.9 Å². The van der Waals surface area contributed by atoms with Crippen molar-refractivity contribution in [2.24, 2.45) is 11.3 Å². The molecule has 1 aromatic rings. The fraction of sp³-hybridized carbons (Fsp3) is 0.700. The Morgan fingerprint density at radius 2 is 1.83 bits per heavy atom. The van der Waals surface area contributed by atoms with E-state index in [0.29, 0.717) is 30.7 Å². The first kappa shape index (κ1) is 19.2. The van der Waals surface area contributed by atoms with Crippen molar-refractivity contribution >= 4 is 0 Å². The lowest BCUT2D eigenvalue weighted by Gasteiger charge is -2.57. The minimum atomic E-state index is 0.164. The Kier molecular flexibility index (Phi) is 6.29. The zero-order chi connectivity index (χ0) is 17.9. The molecule has 24 heavy (non-hydrogen) atoms. The Hall–Kier alpha value is -1.10. The molecule has 0 amide bonds. The van der Waals surface area contributed by atoms with Crippen molar-refractivity contribution in [3.63, 3.8) is 0 Å². The average Bonchev–Trinajstić information content (AvgIpc) is 2.53. The Morgan fingerprint density at radius 1 is 1.21 bits per heavy atom. The number of benzene rings is 1. The summed E-state index contributed by atoms with van der Waals surface area (Å²) in [5.41, 5.74) is 1.45. The summed E-state index contributed by atoms with van der Waals surface area (Å²) in [6.45, 7) is 10.7. The van der Waals surface area contributed by atoms with E-state index in [9.17, 15) is 0 Å². The Balaban J connectivity index is 1.90. The molecule has 0 aromatic heterocycles. The quantitative estimate of drug-likeness (QED) is 0.790. The highest BCUT2D eigenvalue weighted by atomic mass is 16.5. The molecule has 0 bridgehead atoms. The number of ether oxygens (including phenoxy) is 2. The van der Waals surface area contributed by atoms with Crippen molar-refractivity contribution in [2.75, 3.05) is 34.4 Å². The third-order valence-corrected chi connectivity index (χ3v) is 5.41. The predicted octanol–water partition coefficient (Wildman–Crippen LogP) is 3.34. The lowest BCUT2D eigenvalue weighted by atomic mass is 9.57. The summed E-state index contributed by atoms with van der Waals surface area (Å²) < 4.78 is 11.4. The predicted molar refractivity (Wildman–Crippen MR) is 99.6 cm³/mol. The van der Waals surface area contributed by atoms with E-state index in [4.69, 9.17) is 9.47 Å². The highest BCUT2D eigenvalue weighted by Gasteiger charge is 2.54. The number of hydrogen-bond acceptors (Lipinski definition) is 4. The molecule has 1 saturated carbocycles. The van der Waals surface area contributed by atoms with E-state index in [1.807, 2.05) is 7.11 Å². The molecule has 0 saturated heterocycles. The summed E-state index contributed by atoms with van der Waals surface area (Å²) in [5, 5.41) is 3.79. The van der Waals surface area contributed by atoms with Gasteiger partial charge in [-0.05, 0) is 44.6 Å². The van der Waals surface area contributed by atoms with Gasteiger partial charge >= 0.3 is 0 Å². The third kappa shape index (κ3) is 4.11. The average molecular weight is 335 g/mol. The van der Waals surface area contributed by atoms with E-state index >= 15 is 0 Å². The first-order valence-corrected chi connectivity index (χ1v) is 8.93. The van der Waals surface area contributed by atoms with E-state index in [2.05, 4.69) is 76.3 Å². The van der Waals surface area contributed by atoms with E-state index in [0.717, 1.165) is 12.3 Å². The van der Waals surface area contributed by atoms with Gasteiger partial charge in [0.25, 0.3) is 0 Å². The molecule has 4 atom stereocenters. The van der Waals surface area contributed by atoms with Crippen LogP contribution in [0.3, 0.4) is 0 Å². The van der Waals surface area contributed by atoms with Gasteiger partial charge in [-0.2, -0.15) is 0 Å². The van der Waals surface area contributed by atoms with Gasteiger partial charge in [-0.1, -0.05) is 32.9 Å². The molecule has 1 N–H and O–H groups in total. The maximum atomic E-state index is 5.77. The summed E-state index contributed by atoms with van der Waals surface area (Å²) in [7, 11) is 5.92. The summed E-state index contributed by atoms with van der Waals surface area (Å²) in [6, 6.07) is 9.23. The number of likely N-dealkylation sites (N-methyl/N-ethyl adjacent to an activating group) is 1. The molecule has 0 heterocycles. The van der Waals surface area contributed by atoms with Crippen LogP contribution in [0.15, 0.2) is 24.3 Å². The summed E-state index contributed by atoms with van der Waals surface area (Å²) in [4.78, 5) is 2.12. The molecule has 2 rings (SSSR count). The summed E-state index contributed by atoms with van der Waals surface area (Å²) in [5.74, 6) is 1.46. The van der Waals surface area contributed by atoms with Crippen LogP contribution in [-0.4, -0.2) is 51.4 Å². The van der Waals surface area contributed by atoms with Crippen LogP contribution in [0.2, 0.25) is 0 Å². The van der Waals surface area contributed by atoms with E-state index in [1.54, 1.807) is 0 Å². The molecule has 1 aliphatic rings.